The fourth-order valence-electron chi connectivity index (χ4n) is 3.16. The Kier molecular flexibility index (Phi) is 4.49. The Labute approximate surface area is 160 Å². The van der Waals surface area contributed by atoms with Crippen molar-refractivity contribution in [2.45, 2.75) is 33.2 Å². The topological polar surface area (TPSA) is 88.9 Å². The minimum Gasteiger partial charge on any atom is -0.326 e. The van der Waals surface area contributed by atoms with Gasteiger partial charge in [0.05, 0.1) is 17.5 Å². The van der Waals surface area contributed by atoms with E-state index < -0.39 is 0 Å². The molecule has 0 fully saturated rings. The number of aryl methyl sites for hydroxylation is 2. The zero-order chi connectivity index (χ0) is 19.0. The third-order valence-electron chi connectivity index (χ3n) is 4.67. The van der Waals surface area contributed by atoms with Crippen LogP contribution in [0.25, 0.3) is 11.3 Å². The Balaban J connectivity index is 1.52. The van der Waals surface area contributed by atoms with Crippen LogP contribution in [0.15, 0.2) is 29.8 Å². The van der Waals surface area contributed by atoms with E-state index in [1.54, 1.807) is 10.9 Å². The molecule has 3 aromatic rings. The average molecular weight is 381 g/mol. The fourth-order valence-corrected chi connectivity index (χ4v) is 3.87. The van der Waals surface area contributed by atoms with Crippen molar-refractivity contribution in [3.05, 3.63) is 46.6 Å². The van der Waals surface area contributed by atoms with Gasteiger partial charge >= 0.3 is 0 Å². The number of rotatable bonds is 4. The summed E-state index contributed by atoms with van der Waals surface area (Å²) in [7, 11) is 0. The summed E-state index contributed by atoms with van der Waals surface area (Å²) in [6.07, 6.45) is 2.81. The molecule has 3 heterocycles. The van der Waals surface area contributed by atoms with Gasteiger partial charge in [0.15, 0.2) is 5.13 Å². The predicted molar refractivity (Wildman–Crippen MR) is 105 cm³/mol. The normalized spacial score (nSPS) is 13.2. The number of nitrogens with zero attached hydrogens (tertiary/aromatic N) is 3. The van der Waals surface area contributed by atoms with Crippen LogP contribution in [0, 0.1) is 6.92 Å². The van der Waals surface area contributed by atoms with E-state index >= 15 is 0 Å². The highest BCUT2D eigenvalue weighted by atomic mass is 32.1. The van der Waals surface area contributed by atoms with Crippen molar-refractivity contribution < 1.29 is 9.59 Å². The number of carbonyl (C=O) groups excluding carboxylic acids is 2. The lowest BCUT2D eigenvalue weighted by atomic mass is 9.99. The number of amides is 2. The first-order valence-corrected chi connectivity index (χ1v) is 9.65. The Hall–Kier alpha value is -3.00. The molecule has 7 nitrogen and oxygen atoms in total. The van der Waals surface area contributed by atoms with Crippen LogP contribution in [-0.4, -0.2) is 26.6 Å². The lowest BCUT2D eigenvalue weighted by molar-refractivity contribution is -0.116. The highest BCUT2D eigenvalue weighted by Gasteiger charge is 2.17. The van der Waals surface area contributed by atoms with E-state index in [1.165, 1.54) is 11.3 Å². The number of aromatic nitrogens is 3. The maximum absolute atomic E-state index is 12.5. The zero-order valence-electron chi connectivity index (χ0n) is 15.1. The third kappa shape index (κ3) is 3.35. The first kappa shape index (κ1) is 17.4. The van der Waals surface area contributed by atoms with Crippen molar-refractivity contribution in [3.63, 3.8) is 0 Å². The van der Waals surface area contributed by atoms with Crippen molar-refractivity contribution in [1.82, 2.24) is 14.8 Å². The summed E-state index contributed by atoms with van der Waals surface area (Å²) in [6.45, 7) is 4.59. The molecule has 27 heavy (non-hydrogen) atoms. The fraction of sp³-hybridized carbons (Fsp3) is 0.263. The van der Waals surface area contributed by atoms with Crippen LogP contribution >= 0.6 is 11.3 Å². The van der Waals surface area contributed by atoms with Crippen LogP contribution in [0.4, 0.5) is 10.8 Å². The van der Waals surface area contributed by atoms with Crippen LogP contribution in [-0.2, 0) is 17.8 Å². The molecule has 138 valence electrons. The van der Waals surface area contributed by atoms with Gasteiger partial charge in [0.2, 0.25) is 5.91 Å². The molecule has 0 bridgehead atoms. The van der Waals surface area contributed by atoms with Crippen molar-refractivity contribution in [2.75, 3.05) is 10.6 Å². The van der Waals surface area contributed by atoms with Crippen molar-refractivity contribution in [2.24, 2.45) is 0 Å². The Bertz CT molecular complexity index is 1040. The Morgan fingerprint density at radius 2 is 2.22 bits per heavy atom. The second-order valence-electron chi connectivity index (χ2n) is 6.37. The standard InChI is InChI=1S/C19H19N5O2S/c1-3-24-11(2)14(9-20-24)18(26)23-19-22-16(10-27-19)13-4-6-15-12(8-13)5-7-17(25)21-15/h4,6,8-10H,3,5,7H2,1-2H3,(H,21,25)(H,22,23,26). The van der Waals surface area contributed by atoms with E-state index in [0.717, 1.165) is 41.2 Å². The van der Waals surface area contributed by atoms with Crippen LogP contribution in [0.5, 0.6) is 0 Å². The van der Waals surface area contributed by atoms with E-state index in [1.807, 2.05) is 37.4 Å². The van der Waals surface area contributed by atoms with Crippen LogP contribution in [0.1, 0.15) is 35.0 Å². The minimum absolute atomic E-state index is 0.0515. The summed E-state index contributed by atoms with van der Waals surface area (Å²) in [5.41, 5.74) is 5.13. The molecule has 0 radical (unpaired) electrons. The minimum atomic E-state index is -0.207. The summed E-state index contributed by atoms with van der Waals surface area (Å²) in [5, 5.41) is 12.4. The molecule has 0 atom stereocenters. The molecule has 0 unspecified atom stereocenters. The first-order chi connectivity index (χ1) is 13.0. The molecule has 2 amide bonds. The van der Waals surface area contributed by atoms with Crippen molar-refractivity contribution in [3.8, 4) is 11.3 Å². The van der Waals surface area contributed by atoms with Crippen LogP contribution in [0.2, 0.25) is 0 Å². The number of nitrogens with one attached hydrogen (secondary N) is 2. The highest BCUT2D eigenvalue weighted by Crippen LogP contribution is 2.30. The smallest absolute Gasteiger partial charge is 0.260 e. The van der Waals surface area contributed by atoms with Crippen molar-refractivity contribution >= 4 is 34.0 Å². The summed E-state index contributed by atoms with van der Waals surface area (Å²) >= 11 is 1.38. The van der Waals surface area contributed by atoms with Crippen molar-refractivity contribution in [1.29, 1.82) is 0 Å². The quantitative estimate of drug-likeness (QED) is 0.724. The van der Waals surface area contributed by atoms with Gasteiger partial charge in [-0.05, 0) is 38.0 Å². The molecular formula is C19H19N5O2S. The monoisotopic (exact) mass is 381 g/mol. The van der Waals surface area contributed by atoms with Gasteiger partial charge in [-0.3, -0.25) is 19.6 Å². The van der Waals surface area contributed by atoms with Crippen LogP contribution < -0.4 is 10.6 Å². The number of benzene rings is 1. The molecule has 0 saturated heterocycles. The molecule has 1 aliphatic heterocycles. The zero-order valence-corrected chi connectivity index (χ0v) is 15.9. The third-order valence-corrected chi connectivity index (χ3v) is 5.43. The van der Waals surface area contributed by atoms with E-state index in [-0.39, 0.29) is 11.8 Å². The van der Waals surface area contributed by atoms with Gasteiger partial charge in [-0.2, -0.15) is 5.10 Å². The maximum atomic E-state index is 12.5. The number of thiazole rings is 1. The summed E-state index contributed by atoms with van der Waals surface area (Å²) < 4.78 is 1.79. The van der Waals surface area contributed by atoms with Gasteiger partial charge < -0.3 is 5.32 Å². The van der Waals surface area contributed by atoms with E-state index in [0.29, 0.717) is 17.1 Å². The largest absolute Gasteiger partial charge is 0.326 e. The second-order valence-corrected chi connectivity index (χ2v) is 7.23. The number of carbonyl (C=O) groups is 2. The number of hydrogen-bond donors (Lipinski definition) is 2. The summed E-state index contributed by atoms with van der Waals surface area (Å²) in [4.78, 5) is 28.5. The SMILES string of the molecule is CCn1ncc(C(=O)Nc2nc(-c3ccc4c(c3)CCC(=O)N4)cs2)c1C. The van der Waals surface area contributed by atoms with Gasteiger partial charge in [0, 0.05) is 35.3 Å². The molecule has 2 aromatic heterocycles. The highest BCUT2D eigenvalue weighted by molar-refractivity contribution is 7.14. The average Bonchev–Trinajstić information content (AvgIpc) is 3.27. The summed E-state index contributed by atoms with van der Waals surface area (Å²) in [5.74, 6) is -0.156. The second kappa shape index (κ2) is 6.96. The van der Waals surface area contributed by atoms with E-state index in [9.17, 15) is 9.59 Å². The van der Waals surface area contributed by atoms with Gasteiger partial charge in [-0.15, -0.1) is 11.3 Å². The Morgan fingerprint density at radius 1 is 1.37 bits per heavy atom. The molecule has 2 N–H and O–H groups in total. The van der Waals surface area contributed by atoms with E-state index in [2.05, 4.69) is 20.7 Å². The molecule has 8 heteroatoms. The van der Waals surface area contributed by atoms with Gasteiger partial charge in [0.25, 0.3) is 5.91 Å². The lowest BCUT2D eigenvalue weighted by Gasteiger charge is -2.17. The number of hydrogen-bond acceptors (Lipinski definition) is 5. The maximum Gasteiger partial charge on any atom is 0.260 e. The summed E-state index contributed by atoms with van der Waals surface area (Å²) in [6, 6.07) is 5.88. The molecule has 0 spiro atoms. The molecule has 0 aliphatic carbocycles. The number of fused-ring (bicyclic) bond motifs is 1. The van der Waals surface area contributed by atoms with Gasteiger partial charge in [-0.1, -0.05) is 6.07 Å². The molecule has 0 saturated carbocycles. The predicted octanol–water partition coefficient (Wildman–Crippen LogP) is 3.47. The lowest BCUT2D eigenvalue weighted by Crippen LogP contribution is -2.18. The number of anilines is 2. The van der Waals surface area contributed by atoms with Crippen LogP contribution in [0.3, 0.4) is 0 Å². The molecule has 4 rings (SSSR count). The first-order valence-electron chi connectivity index (χ1n) is 8.77. The molecule has 1 aromatic carbocycles. The molecule has 1 aliphatic rings. The molecular weight excluding hydrogens is 362 g/mol. The van der Waals surface area contributed by atoms with E-state index in [4.69, 9.17) is 0 Å². The van der Waals surface area contributed by atoms with Gasteiger partial charge in [-0.25, -0.2) is 4.98 Å². The van der Waals surface area contributed by atoms with Gasteiger partial charge in [0.1, 0.15) is 0 Å². The Morgan fingerprint density at radius 3 is 3.00 bits per heavy atom.